The topological polar surface area (TPSA) is 68.3 Å². The van der Waals surface area contributed by atoms with E-state index in [1.165, 1.54) is 12.5 Å². The summed E-state index contributed by atoms with van der Waals surface area (Å²) in [4.78, 5) is 4.05. The van der Waals surface area contributed by atoms with E-state index in [2.05, 4.69) is 10.3 Å². The summed E-state index contributed by atoms with van der Waals surface area (Å²) < 4.78 is 28.7. The number of halogens is 1. The van der Waals surface area contributed by atoms with Crippen LogP contribution in [0.4, 0.5) is 0 Å². The number of hydrogen-bond donors (Lipinski definition) is 1. The van der Waals surface area contributed by atoms with Crippen molar-refractivity contribution in [2.45, 2.75) is 12.5 Å². The fourth-order valence-corrected chi connectivity index (χ4v) is 3.19. The largest absolute Gasteiger partial charge is 0.473 e. The smallest absolute Gasteiger partial charge is 0.213 e. The van der Waals surface area contributed by atoms with Crippen LogP contribution in [0.2, 0.25) is 5.02 Å². The highest BCUT2D eigenvalue weighted by molar-refractivity contribution is 7.90. The molecule has 1 unspecified atom stereocenters. The molecule has 0 aromatic carbocycles. The molecular weight excluding hydrogens is 288 g/mol. The maximum absolute atomic E-state index is 11.5. The number of sulfone groups is 1. The highest BCUT2D eigenvalue weighted by atomic mass is 35.5. The van der Waals surface area contributed by atoms with Gasteiger partial charge in [0, 0.05) is 31.0 Å². The minimum absolute atomic E-state index is 0.00362. The maximum atomic E-state index is 11.5. The van der Waals surface area contributed by atoms with Crippen LogP contribution < -0.4 is 10.1 Å². The van der Waals surface area contributed by atoms with E-state index in [1.807, 2.05) is 0 Å². The van der Waals surface area contributed by atoms with Crippen LogP contribution in [-0.2, 0) is 9.84 Å². The van der Waals surface area contributed by atoms with Crippen LogP contribution in [0.25, 0.3) is 0 Å². The first-order chi connectivity index (χ1) is 8.94. The predicted molar refractivity (Wildman–Crippen MR) is 74.4 cm³/mol. The fraction of sp³-hybridized carbons (Fsp3) is 0.583. The SMILES string of the molecule is CS(=O)(=O)C[C@@H](Oc1ccc(Cl)cn1)C1CCNC1. The van der Waals surface area contributed by atoms with Crippen LogP contribution in [0, 0.1) is 5.92 Å². The number of nitrogens with one attached hydrogen (secondary N) is 1. The molecule has 2 heterocycles. The van der Waals surface area contributed by atoms with Crippen molar-refractivity contribution in [2.24, 2.45) is 5.92 Å². The van der Waals surface area contributed by atoms with Crippen LogP contribution in [-0.4, -0.2) is 44.6 Å². The summed E-state index contributed by atoms with van der Waals surface area (Å²) in [7, 11) is -3.10. The average Bonchev–Trinajstić information content (AvgIpc) is 2.83. The second kappa shape index (κ2) is 6.07. The summed E-state index contributed by atoms with van der Waals surface area (Å²) >= 11 is 5.76. The van der Waals surface area contributed by atoms with E-state index in [0.717, 1.165) is 19.5 Å². The molecule has 0 radical (unpaired) electrons. The Balaban J connectivity index is 2.10. The van der Waals surface area contributed by atoms with Crippen molar-refractivity contribution in [1.29, 1.82) is 0 Å². The van der Waals surface area contributed by atoms with Crippen LogP contribution in [0.1, 0.15) is 6.42 Å². The van der Waals surface area contributed by atoms with Crippen LogP contribution in [0.3, 0.4) is 0 Å². The summed E-state index contributed by atoms with van der Waals surface area (Å²) in [6, 6.07) is 3.33. The third kappa shape index (κ3) is 4.63. The van der Waals surface area contributed by atoms with Gasteiger partial charge in [-0.3, -0.25) is 0 Å². The summed E-state index contributed by atoms with van der Waals surface area (Å²) in [6.45, 7) is 1.66. The molecular formula is C12H17ClN2O3S. The van der Waals surface area contributed by atoms with Gasteiger partial charge in [0.25, 0.3) is 0 Å². The maximum Gasteiger partial charge on any atom is 0.213 e. The standard InChI is InChI=1S/C12H17ClN2O3S/c1-19(16,17)8-11(9-4-5-14-6-9)18-12-3-2-10(13)7-15-12/h2-3,7,9,11,14H,4-6,8H2,1H3/t9?,11-/m1/s1. The molecule has 1 aliphatic rings. The number of nitrogens with zero attached hydrogens (tertiary/aromatic N) is 1. The van der Waals surface area contributed by atoms with Gasteiger partial charge in [-0.25, -0.2) is 13.4 Å². The quantitative estimate of drug-likeness (QED) is 0.883. The lowest BCUT2D eigenvalue weighted by atomic mass is 10.0. The molecule has 0 spiro atoms. The van der Waals surface area contributed by atoms with Crippen molar-refractivity contribution in [3.05, 3.63) is 23.4 Å². The highest BCUT2D eigenvalue weighted by Gasteiger charge is 2.29. The molecule has 0 saturated carbocycles. The number of pyridine rings is 1. The fourth-order valence-electron chi connectivity index (χ4n) is 2.15. The average molecular weight is 305 g/mol. The lowest BCUT2D eigenvalue weighted by Gasteiger charge is -2.23. The monoisotopic (exact) mass is 304 g/mol. The number of hydrogen-bond acceptors (Lipinski definition) is 5. The van der Waals surface area contributed by atoms with Gasteiger partial charge >= 0.3 is 0 Å². The van der Waals surface area contributed by atoms with Gasteiger partial charge in [-0.1, -0.05) is 11.6 Å². The lowest BCUT2D eigenvalue weighted by Crippen LogP contribution is -2.35. The van der Waals surface area contributed by atoms with E-state index in [0.29, 0.717) is 10.9 Å². The lowest BCUT2D eigenvalue weighted by molar-refractivity contribution is 0.157. The Labute approximate surface area is 118 Å². The van der Waals surface area contributed by atoms with E-state index in [9.17, 15) is 8.42 Å². The normalized spacial score (nSPS) is 21.3. The molecule has 0 amide bonds. The summed E-state index contributed by atoms with van der Waals surface area (Å²) in [6.07, 6.45) is 3.24. The molecule has 2 rings (SSSR count). The number of rotatable bonds is 5. The highest BCUT2D eigenvalue weighted by Crippen LogP contribution is 2.21. The van der Waals surface area contributed by atoms with Gasteiger partial charge in [0.05, 0.1) is 10.8 Å². The Hall–Kier alpha value is -0.850. The first-order valence-corrected chi connectivity index (χ1v) is 8.54. The molecule has 1 aliphatic heterocycles. The molecule has 0 bridgehead atoms. The van der Waals surface area contributed by atoms with Crippen molar-refractivity contribution < 1.29 is 13.2 Å². The molecule has 7 heteroatoms. The Morgan fingerprint density at radius 3 is 2.89 bits per heavy atom. The van der Waals surface area contributed by atoms with Gasteiger partial charge in [-0.15, -0.1) is 0 Å². The molecule has 2 atom stereocenters. The Morgan fingerprint density at radius 1 is 1.58 bits per heavy atom. The zero-order valence-corrected chi connectivity index (χ0v) is 12.2. The van der Waals surface area contributed by atoms with Crippen molar-refractivity contribution in [3.63, 3.8) is 0 Å². The van der Waals surface area contributed by atoms with Crippen LogP contribution in [0.5, 0.6) is 5.88 Å². The molecule has 106 valence electrons. The third-order valence-corrected chi connectivity index (χ3v) is 4.22. The molecule has 0 aliphatic carbocycles. The molecule has 5 nitrogen and oxygen atoms in total. The molecule has 1 aromatic heterocycles. The summed E-state index contributed by atoms with van der Waals surface area (Å²) in [5, 5.41) is 3.74. The minimum Gasteiger partial charge on any atom is -0.473 e. The number of ether oxygens (including phenoxy) is 1. The first kappa shape index (κ1) is 14.6. The Bertz CT molecular complexity index is 512. The summed E-state index contributed by atoms with van der Waals surface area (Å²) in [5.41, 5.74) is 0. The van der Waals surface area contributed by atoms with E-state index < -0.39 is 9.84 Å². The van der Waals surface area contributed by atoms with Crippen molar-refractivity contribution in [2.75, 3.05) is 25.1 Å². The van der Waals surface area contributed by atoms with Crippen LogP contribution >= 0.6 is 11.6 Å². The van der Waals surface area contributed by atoms with E-state index in [-0.39, 0.29) is 17.8 Å². The van der Waals surface area contributed by atoms with E-state index >= 15 is 0 Å². The molecule has 19 heavy (non-hydrogen) atoms. The van der Waals surface area contributed by atoms with Gasteiger partial charge in [-0.05, 0) is 19.0 Å². The van der Waals surface area contributed by atoms with Gasteiger partial charge in [0.15, 0.2) is 9.84 Å². The predicted octanol–water partition coefficient (Wildman–Crippen LogP) is 1.14. The van der Waals surface area contributed by atoms with E-state index in [4.69, 9.17) is 16.3 Å². The molecule has 1 saturated heterocycles. The first-order valence-electron chi connectivity index (χ1n) is 6.11. The Morgan fingerprint density at radius 2 is 2.37 bits per heavy atom. The van der Waals surface area contributed by atoms with Crippen LogP contribution in [0.15, 0.2) is 18.3 Å². The third-order valence-electron chi connectivity index (χ3n) is 3.06. The van der Waals surface area contributed by atoms with E-state index in [1.54, 1.807) is 12.1 Å². The Kier molecular flexibility index (Phi) is 4.65. The van der Waals surface area contributed by atoms with Crippen molar-refractivity contribution in [3.8, 4) is 5.88 Å². The van der Waals surface area contributed by atoms with Gasteiger partial charge < -0.3 is 10.1 Å². The molecule has 1 fully saturated rings. The van der Waals surface area contributed by atoms with Gasteiger partial charge in [0.2, 0.25) is 5.88 Å². The molecule has 1 N–H and O–H groups in total. The second-order valence-corrected chi connectivity index (χ2v) is 7.44. The number of aromatic nitrogens is 1. The zero-order valence-electron chi connectivity index (χ0n) is 10.7. The van der Waals surface area contributed by atoms with Gasteiger partial charge in [0.1, 0.15) is 6.10 Å². The van der Waals surface area contributed by atoms with Crippen molar-refractivity contribution in [1.82, 2.24) is 10.3 Å². The van der Waals surface area contributed by atoms with Crippen molar-refractivity contribution >= 4 is 21.4 Å². The minimum atomic E-state index is -3.10. The van der Waals surface area contributed by atoms with Gasteiger partial charge in [-0.2, -0.15) is 0 Å². The molecule has 1 aromatic rings. The second-order valence-electron chi connectivity index (χ2n) is 4.82. The zero-order chi connectivity index (χ0) is 13.9. The summed E-state index contributed by atoms with van der Waals surface area (Å²) in [5.74, 6) is 0.598.